The predicted molar refractivity (Wildman–Crippen MR) is 96.3 cm³/mol. The molecular weight excluding hydrogens is 316 g/mol. The van der Waals surface area contributed by atoms with Crippen LogP contribution < -0.4 is 0 Å². The molecule has 1 aliphatic rings. The second kappa shape index (κ2) is 8.32. The third kappa shape index (κ3) is 4.71. The van der Waals surface area contributed by atoms with E-state index in [2.05, 4.69) is 43.0 Å². The SMILES string of the molecule is CC(C)N(Cc1ccccc1)Cc1ccc(C(=O)N2CCOCC2)o1. The third-order valence-electron chi connectivity index (χ3n) is 4.49. The summed E-state index contributed by atoms with van der Waals surface area (Å²) in [6, 6.07) is 14.5. The van der Waals surface area contributed by atoms with Crippen LogP contribution in [0.15, 0.2) is 46.9 Å². The number of nitrogens with zero attached hydrogens (tertiary/aromatic N) is 2. The number of carbonyl (C=O) groups excluding carboxylic acids is 1. The Morgan fingerprint density at radius 1 is 1.08 bits per heavy atom. The van der Waals surface area contributed by atoms with Gasteiger partial charge in [0.25, 0.3) is 5.91 Å². The maximum Gasteiger partial charge on any atom is 0.289 e. The van der Waals surface area contributed by atoms with Gasteiger partial charge in [0.2, 0.25) is 0 Å². The largest absolute Gasteiger partial charge is 0.455 e. The molecule has 25 heavy (non-hydrogen) atoms. The summed E-state index contributed by atoms with van der Waals surface area (Å²) in [4.78, 5) is 16.6. The summed E-state index contributed by atoms with van der Waals surface area (Å²) >= 11 is 0. The molecule has 1 aromatic heterocycles. The molecule has 3 rings (SSSR count). The number of furan rings is 1. The zero-order valence-electron chi connectivity index (χ0n) is 15.0. The van der Waals surface area contributed by atoms with Crippen LogP contribution in [0, 0.1) is 0 Å². The van der Waals surface area contributed by atoms with E-state index in [0.717, 1.165) is 12.3 Å². The van der Waals surface area contributed by atoms with Crippen molar-refractivity contribution in [2.24, 2.45) is 0 Å². The van der Waals surface area contributed by atoms with Crippen molar-refractivity contribution >= 4 is 5.91 Å². The van der Waals surface area contributed by atoms with E-state index in [1.807, 2.05) is 12.1 Å². The third-order valence-corrected chi connectivity index (χ3v) is 4.49. The van der Waals surface area contributed by atoms with Crippen molar-refractivity contribution in [2.45, 2.75) is 33.0 Å². The molecule has 0 spiro atoms. The minimum absolute atomic E-state index is 0.0475. The highest BCUT2D eigenvalue weighted by atomic mass is 16.5. The standard InChI is InChI=1S/C20H26N2O3/c1-16(2)22(14-17-6-4-3-5-7-17)15-18-8-9-19(25-18)20(23)21-10-12-24-13-11-21/h3-9,16H,10-15H2,1-2H3. The Hall–Kier alpha value is -2.11. The molecule has 1 aromatic carbocycles. The van der Waals surface area contributed by atoms with Crippen LogP contribution >= 0.6 is 0 Å². The molecule has 0 aliphatic carbocycles. The average molecular weight is 342 g/mol. The van der Waals surface area contributed by atoms with Crippen LogP contribution in [0.4, 0.5) is 0 Å². The Balaban J connectivity index is 1.65. The van der Waals surface area contributed by atoms with E-state index in [-0.39, 0.29) is 5.91 Å². The van der Waals surface area contributed by atoms with Gasteiger partial charge in [-0.2, -0.15) is 0 Å². The second-order valence-electron chi connectivity index (χ2n) is 6.65. The zero-order valence-corrected chi connectivity index (χ0v) is 15.0. The van der Waals surface area contributed by atoms with Gasteiger partial charge in [0.1, 0.15) is 5.76 Å². The Labute approximate surface area is 149 Å². The van der Waals surface area contributed by atoms with Gasteiger partial charge >= 0.3 is 0 Å². The summed E-state index contributed by atoms with van der Waals surface area (Å²) in [6.45, 7) is 8.32. The summed E-state index contributed by atoms with van der Waals surface area (Å²) in [5.74, 6) is 1.19. The molecule has 2 aromatic rings. The molecular formula is C20H26N2O3. The van der Waals surface area contributed by atoms with E-state index in [0.29, 0.717) is 44.7 Å². The van der Waals surface area contributed by atoms with Crippen LogP contribution in [0.1, 0.15) is 35.7 Å². The molecule has 2 heterocycles. The lowest BCUT2D eigenvalue weighted by Gasteiger charge is -2.26. The molecule has 134 valence electrons. The Kier molecular flexibility index (Phi) is 5.89. The first kappa shape index (κ1) is 17.7. The van der Waals surface area contributed by atoms with Crippen LogP contribution in [-0.4, -0.2) is 48.1 Å². The topological polar surface area (TPSA) is 45.9 Å². The summed E-state index contributed by atoms with van der Waals surface area (Å²) < 4.78 is 11.1. The van der Waals surface area contributed by atoms with Crippen LogP contribution in [0.3, 0.4) is 0 Å². The first-order valence-corrected chi connectivity index (χ1v) is 8.87. The van der Waals surface area contributed by atoms with Crippen molar-refractivity contribution in [2.75, 3.05) is 26.3 Å². The quantitative estimate of drug-likeness (QED) is 0.809. The summed E-state index contributed by atoms with van der Waals surface area (Å²) in [7, 11) is 0. The zero-order chi connectivity index (χ0) is 17.6. The van der Waals surface area contributed by atoms with Gasteiger partial charge in [0.15, 0.2) is 5.76 Å². The van der Waals surface area contributed by atoms with Gasteiger partial charge in [0.05, 0.1) is 19.8 Å². The molecule has 0 N–H and O–H groups in total. The normalized spacial score (nSPS) is 15.1. The second-order valence-corrected chi connectivity index (χ2v) is 6.65. The summed E-state index contributed by atoms with van der Waals surface area (Å²) in [6.07, 6.45) is 0. The fourth-order valence-corrected chi connectivity index (χ4v) is 2.94. The lowest BCUT2D eigenvalue weighted by atomic mass is 10.2. The highest BCUT2D eigenvalue weighted by molar-refractivity contribution is 5.91. The fourth-order valence-electron chi connectivity index (χ4n) is 2.94. The van der Waals surface area contributed by atoms with E-state index >= 15 is 0 Å². The van der Waals surface area contributed by atoms with Gasteiger partial charge in [-0.25, -0.2) is 0 Å². The van der Waals surface area contributed by atoms with E-state index < -0.39 is 0 Å². The molecule has 0 bridgehead atoms. The van der Waals surface area contributed by atoms with Crippen molar-refractivity contribution in [3.63, 3.8) is 0 Å². The molecule has 0 radical (unpaired) electrons. The summed E-state index contributed by atoms with van der Waals surface area (Å²) in [5.41, 5.74) is 1.27. The molecule has 0 atom stereocenters. The van der Waals surface area contributed by atoms with Crippen molar-refractivity contribution in [1.82, 2.24) is 9.80 Å². The van der Waals surface area contributed by atoms with Crippen molar-refractivity contribution < 1.29 is 13.9 Å². The first-order valence-electron chi connectivity index (χ1n) is 8.87. The lowest BCUT2D eigenvalue weighted by Crippen LogP contribution is -2.40. The number of morpholine rings is 1. The maximum absolute atomic E-state index is 12.5. The molecule has 1 amide bonds. The number of amides is 1. The highest BCUT2D eigenvalue weighted by Gasteiger charge is 2.22. The van der Waals surface area contributed by atoms with Crippen molar-refractivity contribution in [3.05, 3.63) is 59.5 Å². The van der Waals surface area contributed by atoms with Gasteiger partial charge in [-0.3, -0.25) is 9.69 Å². The minimum atomic E-state index is -0.0475. The van der Waals surface area contributed by atoms with Crippen LogP contribution in [-0.2, 0) is 17.8 Å². The molecule has 0 unspecified atom stereocenters. The lowest BCUT2D eigenvalue weighted by molar-refractivity contribution is 0.0280. The van der Waals surface area contributed by atoms with Gasteiger partial charge in [-0.15, -0.1) is 0 Å². The van der Waals surface area contributed by atoms with Crippen molar-refractivity contribution in [3.8, 4) is 0 Å². The number of hydrogen-bond donors (Lipinski definition) is 0. The van der Waals surface area contributed by atoms with Crippen LogP contribution in [0.25, 0.3) is 0 Å². The molecule has 5 heteroatoms. The Bertz CT molecular complexity index is 675. The van der Waals surface area contributed by atoms with E-state index in [4.69, 9.17) is 9.15 Å². The highest BCUT2D eigenvalue weighted by Crippen LogP contribution is 2.17. The smallest absolute Gasteiger partial charge is 0.289 e. The monoisotopic (exact) mass is 342 g/mol. The Morgan fingerprint density at radius 3 is 2.48 bits per heavy atom. The molecule has 1 saturated heterocycles. The number of ether oxygens (including phenoxy) is 1. The fraction of sp³-hybridized carbons (Fsp3) is 0.450. The van der Waals surface area contributed by atoms with Crippen LogP contribution in [0.2, 0.25) is 0 Å². The maximum atomic E-state index is 12.5. The number of rotatable bonds is 6. The van der Waals surface area contributed by atoms with Crippen molar-refractivity contribution in [1.29, 1.82) is 0 Å². The van der Waals surface area contributed by atoms with Gasteiger partial charge in [0, 0.05) is 25.7 Å². The minimum Gasteiger partial charge on any atom is -0.455 e. The Morgan fingerprint density at radius 2 is 1.80 bits per heavy atom. The van der Waals surface area contributed by atoms with Gasteiger partial charge < -0.3 is 14.1 Å². The molecule has 1 fully saturated rings. The van der Waals surface area contributed by atoms with Crippen LogP contribution in [0.5, 0.6) is 0 Å². The van der Waals surface area contributed by atoms with Gasteiger partial charge in [-0.1, -0.05) is 30.3 Å². The van der Waals surface area contributed by atoms with Gasteiger partial charge in [-0.05, 0) is 31.5 Å². The van der Waals surface area contributed by atoms with E-state index in [1.54, 1.807) is 11.0 Å². The van der Waals surface area contributed by atoms with E-state index in [1.165, 1.54) is 5.56 Å². The molecule has 1 aliphatic heterocycles. The number of carbonyl (C=O) groups is 1. The summed E-state index contributed by atoms with van der Waals surface area (Å²) in [5, 5.41) is 0. The molecule has 5 nitrogen and oxygen atoms in total. The first-order chi connectivity index (χ1) is 12.1. The average Bonchev–Trinajstić information content (AvgIpc) is 3.10. The number of benzene rings is 1. The predicted octanol–water partition coefficient (Wildman–Crippen LogP) is 3.16. The van der Waals surface area contributed by atoms with E-state index in [9.17, 15) is 4.79 Å². The molecule has 0 saturated carbocycles. The number of hydrogen-bond acceptors (Lipinski definition) is 4.